The fraction of sp³-hybridized carbons (Fsp3) is 1.00. The van der Waals surface area contributed by atoms with E-state index in [1.54, 1.807) is 0 Å². The van der Waals surface area contributed by atoms with Crippen molar-refractivity contribution in [3.8, 4) is 0 Å². The summed E-state index contributed by atoms with van der Waals surface area (Å²) in [6.45, 7) is 16.0. The predicted octanol–water partition coefficient (Wildman–Crippen LogP) is 2.22. The smallest absolute Gasteiger partial charge is 0.0900 e. The Hall–Kier alpha value is -0.160. The van der Waals surface area contributed by atoms with E-state index in [4.69, 9.17) is 4.74 Å². The standard InChI is InChI=1S/C18H36N2O2/c1-5-19-6-8-20(9-7-19)13-16(21)14-22-17-10-15(2)11-18(3,4)12-17/h15-17,21H,5-14H2,1-4H3/t15-,16-,17+/m0/s1. The van der Waals surface area contributed by atoms with Crippen LogP contribution in [0.5, 0.6) is 0 Å². The van der Waals surface area contributed by atoms with Crippen LogP contribution in [0.3, 0.4) is 0 Å². The third kappa shape index (κ3) is 5.80. The maximum Gasteiger partial charge on any atom is 0.0900 e. The van der Waals surface area contributed by atoms with Crippen molar-refractivity contribution in [3.63, 3.8) is 0 Å². The molecule has 1 aliphatic carbocycles. The number of β-amino-alcohol motifs (C(OH)–C–C–N with tert-alkyl or cyclic N) is 1. The molecule has 0 aromatic rings. The van der Waals surface area contributed by atoms with Gasteiger partial charge in [-0.15, -0.1) is 0 Å². The summed E-state index contributed by atoms with van der Waals surface area (Å²) >= 11 is 0. The zero-order chi connectivity index (χ0) is 16.2. The lowest BCUT2D eigenvalue weighted by molar-refractivity contribution is -0.0632. The van der Waals surface area contributed by atoms with Gasteiger partial charge >= 0.3 is 0 Å². The Balaban J connectivity index is 1.66. The van der Waals surface area contributed by atoms with Gasteiger partial charge in [-0.3, -0.25) is 4.90 Å². The van der Waals surface area contributed by atoms with Crippen LogP contribution in [0.1, 0.15) is 47.0 Å². The zero-order valence-corrected chi connectivity index (χ0v) is 15.1. The molecule has 2 fully saturated rings. The number of ether oxygens (including phenoxy) is 1. The van der Waals surface area contributed by atoms with Gasteiger partial charge < -0.3 is 14.7 Å². The van der Waals surface area contributed by atoms with Crippen LogP contribution in [0.2, 0.25) is 0 Å². The second kappa shape index (κ2) is 8.09. The second-order valence-electron chi connectivity index (χ2n) is 8.26. The Kier molecular flexibility index (Phi) is 6.69. The monoisotopic (exact) mass is 312 g/mol. The van der Waals surface area contributed by atoms with Crippen molar-refractivity contribution in [1.29, 1.82) is 0 Å². The van der Waals surface area contributed by atoms with Crippen LogP contribution >= 0.6 is 0 Å². The van der Waals surface area contributed by atoms with Crippen LogP contribution in [0, 0.1) is 11.3 Å². The summed E-state index contributed by atoms with van der Waals surface area (Å²) in [5.74, 6) is 0.730. The van der Waals surface area contributed by atoms with Gasteiger partial charge in [0.05, 0.1) is 18.8 Å². The first-order valence-electron chi connectivity index (χ1n) is 9.12. The molecule has 0 aromatic carbocycles. The molecule has 1 N–H and O–H groups in total. The van der Waals surface area contributed by atoms with E-state index in [1.807, 2.05) is 0 Å². The Bertz CT molecular complexity index is 327. The second-order valence-corrected chi connectivity index (χ2v) is 8.26. The predicted molar refractivity (Wildman–Crippen MR) is 91.1 cm³/mol. The van der Waals surface area contributed by atoms with Crippen molar-refractivity contribution in [2.24, 2.45) is 11.3 Å². The summed E-state index contributed by atoms with van der Waals surface area (Å²) in [5, 5.41) is 10.3. The van der Waals surface area contributed by atoms with Crippen molar-refractivity contribution in [1.82, 2.24) is 9.80 Å². The van der Waals surface area contributed by atoms with E-state index in [1.165, 1.54) is 6.42 Å². The molecule has 130 valence electrons. The quantitative estimate of drug-likeness (QED) is 0.816. The number of aliphatic hydroxyl groups is 1. The van der Waals surface area contributed by atoms with Crippen LogP contribution < -0.4 is 0 Å². The average Bonchev–Trinajstić information content (AvgIpc) is 2.44. The number of hydrogen-bond acceptors (Lipinski definition) is 4. The van der Waals surface area contributed by atoms with E-state index in [0.29, 0.717) is 18.1 Å². The highest BCUT2D eigenvalue weighted by Gasteiger charge is 2.32. The van der Waals surface area contributed by atoms with Crippen LogP contribution in [-0.2, 0) is 4.74 Å². The summed E-state index contributed by atoms with van der Waals surface area (Å²) in [6, 6.07) is 0. The topological polar surface area (TPSA) is 35.9 Å². The molecule has 0 bridgehead atoms. The van der Waals surface area contributed by atoms with Crippen LogP contribution in [-0.4, -0.2) is 73.0 Å². The summed E-state index contributed by atoms with van der Waals surface area (Å²) in [4.78, 5) is 4.83. The van der Waals surface area contributed by atoms with Gasteiger partial charge in [-0.05, 0) is 37.1 Å². The molecular weight excluding hydrogens is 276 g/mol. The minimum atomic E-state index is -0.353. The Morgan fingerprint density at radius 2 is 1.77 bits per heavy atom. The molecule has 0 unspecified atom stereocenters. The minimum Gasteiger partial charge on any atom is -0.389 e. The van der Waals surface area contributed by atoms with Crippen molar-refractivity contribution in [2.75, 3.05) is 45.9 Å². The lowest BCUT2D eigenvalue weighted by Gasteiger charge is -2.39. The van der Waals surface area contributed by atoms with Crippen LogP contribution in [0.15, 0.2) is 0 Å². The highest BCUT2D eigenvalue weighted by molar-refractivity contribution is 4.83. The number of piperazine rings is 1. The van der Waals surface area contributed by atoms with Gasteiger partial charge in [-0.2, -0.15) is 0 Å². The number of nitrogens with zero attached hydrogens (tertiary/aromatic N) is 2. The van der Waals surface area contributed by atoms with Crippen molar-refractivity contribution < 1.29 is 9.84 Å². The van der Waals surface area contributed by atoms with Crippen molar-refractivity contribution in [3.05, 3.63) is 0 Å². The summed E-state index contributed by atoms with van der Waals surface area (Å²) in [6.07, 6.45) is 3.53. The molecule has 0 aromatic heterocycles. The summed E-state index contributed by atoms with van der Waals surface area (Å²) in [7, 11) is 0. The van der Waals surface area contributed by atoms with E-state index < -0.39 is 0 Å². The number of likely N-dealkylation sites (N-methyl/N-ethyl adjacent to an activating group) is 1. The maximum absolute atomic E-state index is 10.3. The summed E-state index contributed by atoms with van der Waals surface area (Å²) in [5.41, 5.74) is 0.379. The summed E-state index contributed by atoms with van der Waals surface area (Å²) < 4.78 is 6.05. The Labute approximate surface area is 136 Å². The number of aliphatic hydroxyl groups excluding tert-OH is 1. The highest BCUT2D eigenvalue weighted by atomic mass is 16.5. The van der Waals surface area contributed by atoms with Crippen molar-refractivity contribution in [2.45, 2.75) is 59.2 Å². The van der Waals surface area contributed by atoms with Gasteiger partial charge in [0.25, 0.3) is 0 Å². The van der Waals surface area contributed by atoms with Gasteiger partial charge in [0.15, 0.2) is 0 Å². The van der Waals surface area contributed by atoms with Crippen LogP contribution in [0.25, 0.3) is 0 Å². The molecule has 4 heteroatoms. The fourth-order valence-corrected chi connectivity index (χ4v) is 4.27. The van der Waals surface area contributed by atoms with Gasteiger partial charge in [-0.25, -0.2) is 0 Å². The number of rotatable bonds is 6. The third-order valence-corrected chi connectivity index (χ3v) is 5.25. The minimum absolute atomic E-state index is 0.324. The highest BCUT2D eigenvalue weighted by Crippen LogP contribution is 2.39. The SMILES string of the molecule is CCN1CCN(C[C@H](O)CO[C@@H]2C[C@H](C)CC(C)(C)C2)CC1. The maximum atomic E-state index is 10.3. The lowest BCUT2D eigenvalue weighted by atomic mass is 9.71. The zero-order valence-electron chi connectivity index (χ0n) is 15.1. The molecule has 2 rings (SSSR count). The molecule has 1 heterocycles. The molecule has 1 saturated carbocycles. The first-order chi connectivity index (χ1) is 10.4. The van der Waals surface area contributed by atoms with E-state index in [-0.39, 0.29) is 6.10 Å². The average molecular weight is 312 g/mol. The largest absolute Gasteiger partial charge is 0.389 e. The van der Waals surface area contributed by atoms with E-state index in [0.717, 1.165) is 58.0 Å². The van der Waals surface area contributed by atoms with Crippen molar-refractivity contribution >= 4 is 0 Å². The molecule has 3 atom stereocenters. The van der Waals surface area contributed by atoms with E-state index in [9.17, 15) is 5.11 Å². The molecule has 0 amide bonds. The van der Waals surface area contributed by atoms with E-state index >= 15 is 0 Å². The van der Waals surface area contributed by atoms with Gasteiger partial charge in [0, 0.05) is 32.7 Å². The van der Waals surface area contributed by atoms with Gasteiger partial charge in [0.1, 0.15) is 0 Å². The number of hydrogen-bond donors (Lipinski definition) is 1. The molecule has 0 radical (unpaired) electrons. The van der Waals surface area contributed by atoms with Crippen LogP contribution in [0.4, 0.5) is 0 Å². The fourth-order valence-electron chi connectivity index (χ4n) is 4.27. The Morgan fingerprint density at radius 1 is 1.14 bits per heavy atom. The molecule has 1 aliphatic heterocycles. The van der Waals surface area contributed by atoms with Gasteiger partial charge in [0.2, 0.25) is 0 Å². The third-order valence-electron chi connectivity index (χ3n) is 5.25. The van der Waals surface area contributed by atoms with E-state index in [2.05, 4.69) is 37.5 Å². The molecule has 4 nitrogen and oxygen atoms in total. The Morgan fingerprint density at radius 3 is 2.36 bits per heavy atom. The van der Waals surface area contributed by atoms with Gasteiger partial charge in [-0.1, -0.05) is 27.7 Å². The molecule has 1 saturated heterocycles. The normalized spacial score (nSPS) is 32.0. The molecule has 2 aliphatic rings. The first-order valence-corrected chi connectivity index (χ1v) is 9.12. The molecule has 0 spiro atoms. The molecule has 22 heavy (non-hydrogen) atoms. The lowest BCUT2D eigenvalue weighted by Crippen LogP contribution is -2.49. The first kappa shape index (κ1) is 18.2. The molecular formula is C18H36N2O2.